The molecule has 4 heterocycles. The molecule has 1 saturated heterocycles. The van der Waals surface area contributed by atoms with Crippen molar-refractivity contribution < 1.29 is 13.9 Å². The van der Waals surface area contributed by atoms with Crippen LogP contribution in [0.15, 0.2) is 47.4 Å². The second-order valence-corrected chi connectivity index (χ2v) is 14.6. The smallest absolute Gasteiger partial charge is 0.296 e. The molecular formula is C39H40Cl2FN7O3. The number of nitriles is 1. The topological polar surface area (TPSA) is 143 Å². The first-order valence-electron chi connectivity index (χ1n) is 17.7. The summed E-state index contributed by atoms with van der Waals surface area (Å²) in [5, 5.41) is 11.8. The molecule has 2 aromatic carbocycles. The minimum atomic E-state index is -0.468. The highest BCUT2D eigenvalue weighted by molar-refractivity contribution is 6.43. The first kappa shape index (κ1) is 35.9. The van der Waals surface area contributed by atoms with Crippen molar-refractivity contribution in [3.05, 3.63) is 85.8 Å². The molecule has 2 saturated carbocycles. The van der Waals surface area contributed by atoms with Crippen molar-refractivity contribution in [3.8, 4) is 23.2 Å². The molecular weight excluding hydrogens is 704 g/mol. The molecule has 3 aromatic heterocycles. The molecule has 5 aromatic rings. The highest BCUT2D eigenvalue weighted by Gasteiger charge is 2.42. The van der Waals surface area contributed by atoms with Crippen LogP contribution < -0.4 is 16.0 Å². The van der Waals surface area contributed by atoms with E-state index < -0.39 is 5.82 Å². The van der Waals surface area contributed by atoms with Crippen molar-refractivity contribution in [2.45, 2.75) is 70.4 Å². The number of pyridine rings is 1. The average molecular weight is 745 g/mol. The minimum Gasteiger partial charge on any atom is -0.468 e. The summed E-state index contributed by atoms with van der Waals surface area (Å²) in [6.07, 6.45) is 7.79. The summed E-state index contributed by atoms with van der Waals surface area (Å²) >= 11 is 13.0. The van der Waals surface area contributed by atoms with E-state index in [4.69, 9.17) is 33.9 Å². The van der Waals surface area contributed by atoms with Crippen LogP contribution in [0.1, 0.15) is 74.0 Å². The third-order valence-electron chi connectivity index (χ3n) is 10.7. The molecule has 2 unspecified atom stereocenters. The number of aryl methyl sites for hydroxylation is 2. The van der Waals surface area contributed by atoms with E-state index in [-0.39, 0.29) is 52.4 Å². The van der Waals surface area contributed by atoms with Gasteiger partial charge in [0.2, 0.25) is 5.91 Å². The third kappa shape index (κ3) is 6.53. The Morgan fingerprint density at radius 1 is 1.15 bits per heavy atom. The SMILES string of the molecule is COc1nccc(=O)[nH]1.Cc1nc2c(F)c(-c3cccc(Cl)c3Cl)c(CCC#N)cc2c2c1cc(C1CCCN1C(=O)C1CC1)n2C1CC[C@@H]1CN. The van der Waals surface area contributed by atoms with Gasteiger partial charge in [0.1, 0.15) is 5.52 Å². The maximum Gasteiger partial charge on any atom is 0.296 e. The highest BCUT2D eigenvalue weighted by Crippen LogP contribution is 2.49. The van der Waals surface area contributed by atoms with Gasteiger partial charge < -0.3 is 19.9 Å². The summed E-state index contributed by atoms with van der Waals surface area (Å²) in [7, 11) is 1.44. The van der Waals surface area contributed by atoms with Gasteiger partial charge in [0.15, 0.2) is 5.82 Å². The zero-order chi connectivity index (χ0) is 36.7. The largest absolute Gasteiger partial charge is 0.468 e. The number of aromatic nitrogens is 4. The van der Waals surface area contributed by atoms with Crippen LogP contribution in [0, 0.1) is 35.9 Å². The number of carbonyl (C=O) groups excluding carboxylic acids is 1. The van der Waals surface area contributed by atoms with Crippen LogP contribution in [0.2, 0.25) is 10.0 Å². The Hall–Kier alpha value is -4.50. The molecule has 13 heteroatoms. The number of hydrogen-bond acceptors (Lipinski definition) is 7. The van der Waals surface area contributed by atoms with E-state index in [0.29, 0.717) is 46.0 Å². The van der Waals surface area contributed by atoms with Crippen LogP contribution in [-0.4, -0.2) is 50.5 Å². The predicted octanol–water partition coefficient (Wildman–Crippen LogP) is 7.83. The number of carbonyl (C=O) groups is 1. The molecule has 270 valence electrons. The summed E-state index contributed by atoms with van der Waals surface area (Å²) in [6, 6.07) is 13.3. The lowest BCUT2D eigenvalue weighted by molar-refractivity contribution is -0.133. The van der Waals surface area contributed by atoms with Crippen molar-refractivity contribution >= 4 is 50.9 Å². The maximum atomic E-state index is 16.9. The van der Waals surface area contributed by atoms with Gasteiger partial charge in [-0.15, -0.1) is 0 Å². The number of likely N-dealkylation sites (tertiary alicyclic amines) is 1. The standard InChI is InChI=1S/C34H34Cl2FN5O.C5H6N2O2/c1-18-23-16-28(27-8-4-14-41(27)34(43)19-9-10-19)42(26-12-11-21(26)17-39)33(23)24-15-20(5-3-13-38)29(31(37)32(24)40-18)22-6-2-7-25(35)30(22)36;1-9-5-6-3-2-4(8)7-5/h2,6-7,15-16,19,21,26-27H,3-5,8-12,14,17,39H2,1H3;2-3H,1H3,(H,6,7,8)/t21-,26?,27?;/m1./s1. The molecule has 0 radical (unpaired) electrons. The Morgan fingerprint density at radius 2 is 1.96 bits per heavy atom. The van der Waals surface area contributed by atoms with Crippen molar-refractivity contribution in [2.75, 3.05) is 20.2 Å². The quantitative estimate of drug-likeness (QED) is 0.165. The molecule has 0 spiro atoms. The zero-order valence-corrected chi connectivity index (χ0v) is 30.6. The number of halogens is 3. The van der Waals surface area contributed by atoms with Crippen molar-refractivity contribution in [1.82, 2.24) is 24.4 Å². The fourth-order valence-corrected chi connectivity index (χ4v) is 8.22. The highest BCUT2D eigenvalue weighted by atomic mass is 35.5. The summed E-state index contributed by atoms with van der Waals surface area (Å²) in [5.74, 6) is 0.246. The lowest BCUT2D eigenvalue weighted by Gasteiger charge is -2.40. The fraction of sp³-hybridized carbons (Fsp3) is 0.410. The summed E-state index contributed by atoms with van der Waals surface area (Å²) in [4.78, 5) is 36.8. The molecule has 8 rings (SSSR count). The Kier molecular flexibility index (Phi) is 10.3. The molecule has 52 heavy (non-hydrogen) atoms. The van der Waals surface area contributed by atoms with Crippen molar-refractivity contribution in [3.63, 3.8) is 0 Å². The average Bonchev–Trinajstić information content (AvgIpc) is 3.74. The van der Waals surface area contributed by atoms with Gasteiger partial charge in [-0.3, -0.25) is 14.6 Å². The Morgan fingerprint density at radius 3 is 2.62 bits per heavy atom. The number of aromatic amines is 1. The summed E-state index contributed by atoms with van der Waals surface area (Å²) in [6.45, 7) is 3.26. The van der Waals surface area contributed by atoms with E-state index in [1.54, 1.807) is 18.2 Å². The maximum absolute atomic E-state index is 16.9. The van der Waals surface area contributed by atoms with Gasteiger partial charge >= 0.3 is 0 Å². The van der Waals surface area contributed by atoms with E-state index in [2.05, 4.69) is 36.3 Å². The van der Waals surface area contributed by atoms with Gasteiger partial charge in [-0.2, -0.15) is 5.26 Å². The minimum absolute atomic E-state index is 0.0265. The first-order chi connectivity index (χ1) is 25.2. The van der Waals surface area contributed by atoms with Crippen LogP contribution in [0.25, 0.3) is 32.9 Å². The van der Waals surface area contributed by atoms with Gasteiger partial charge in [-0.25, -0.2) is 14.4 Å². The van der Waals surface area contributed by atoms with E-state index in [0.717, 1.165) is 67.4 Å². The number of amides is 1. The number of methoxy groups -OCH3 is 1. The van der Waals surface area contributed by atoms with Crippen molar-refractivity contribution in [2.24, 2.45) is 17.6 Å². The lowest BCUT2D eigenvalue weighted by Crippen LogP contribution is -2.37. The van der Waals surface area contributed by atoms with E-state index >= 15 is 4.39 Å². The second kappa shape index (κ2) is 14.9. The number of hydrogen-bond donors (Lipinski definition) is 2. The van der Waals surface area contributed by atoms with Gasteiger partial charge in [-0.1, -0.05) is 35.3 Å². The molecule has 0 bridgehead atoms. The number of nitrogens with zero attached hydrogens (tertiary/aromatic N) is 5. The molecule has 3 aliphatic rings. The van der Waals surface area contributed by atoms with Crippen molar-refractivity contribution in [1.29, 1.82) is 5.26 Å². The predicted molar refractivity (Wildman–Crippen MR) is 200 cm³/mol. The Bertz CT molecular complexity index is 2280. The number of benzene rings is 2. The third-order valence-corrected chi connectivity index (χ3v) is 11.5. The Labute approximate surface area is 310 Å². The van der Waals surface area contributed by atoms with Gasteiger partial charge in [0.25, 0.3) is 11.6 Å². The molecule has 1 aliphatic heterocycles. The lowest BCUT2D eigenvalue weighted by atomic mass is 9.79. The number of rotatable bonds is 8. The number of nitrogens with two attached hydrogens (primary N) is 1. The molecule has 3 atom stereocenters. The molecule has 2 aliphatic carbocycles. The van der Waals surface area contributed by atoms with Gasteiger partial charge in [0.05, 0.1) is 34.8 Å². The number of fused-ring (bicyclic) bond motifs is 3. The molecule has 1 amide bonds. The van der Waals surface area contributed by atoms with Crippen LogP contribution in [0.4, 0.5) is 4.39 Å². The zero-order valence-electron chi connectivity index (χ0n) is 29.1. The van der Waals surface area contributed by atoms with Crippen LogP contribution in [-0.2, 0) is 11.2 Å². The molecule has 3 N–H and O–H groups in total. The summed E-state index contributed by atoms with van der Waals surface area (Å²) < 4.78 is 23.9. The number of ether oxygens (including phenoxy) is 1. The molecule has 3 fully saturated rings. The normalized spacial score (nSPS) is 19.6. The first-order valence-corrected chi connectivity index (χ1v) is 18.5. The Balaban J connectivity index is 0.000000410. The van der Waals surface area contributed by atoms with E-state index in [1.807, 2.05) is 13.0 Å². The molecule has 10 nitrogen and oxygen atoms in total. The van der Waals surface area contributed by atoms with E-state index in [9.17, 15) is 14.9 Å². The monoisotopic (exact) mass is 743 g/mol. The fourth-order valence-electron chi connectivity index (χ4n) is 7.82. The van der Waals surface area contributed by atoms with Crippen LogP contribution in [0.5, 0.6) is 6.01 Å². The second-order valence-electron chi connectivity index (χ2n) is 13.8. The summed E-state index contributed by atoms with van der Waals surface area (Å²) in [5.41, 5.74) is 10.6. The number of nitrogens with one attached hydrogen (secondary N) is 1. The number of H-pyrrole nitrogens is 1. The van der Waals surface area contributed by atoms with Gasteiger partial charge in [0, 0.05) is 70.5 Å². The van der Waals surface area contributed by atoms with Crippen LogP contribution in [0.3, 0.4) is 0 Å². The van der Waals surface area contributed by atoms with E-state index in [1.165, 1.54) is 19.4 Å². The van der Waals surface area contributed by atoms with Crippen LogP contribution >= 0.6 is 23.2 Å². The van der Waals surface area contributed by atoms with Gasteiger partial charge in [-0.05, 0) is 88.1 Å².